The maximum Gasteiger partial charge on any atom is 0.250 e. The molecule has 0 aliphatic heterocycles. The van der Waals surface area contributed by atoms with E-state index in [0.717, 1.165) is 0 Å². The zero-order valence-corrected chi connectivity index (χ0v) is 13.0. The molecule has 5 nitrogen and oxygen atoms in total. The molecule has 0 unspecified atom stereocenters. The van der Waals surface area contributed by atoms with Crippen LogP contribution in [0, 0.1) is 0 Å². The summed E-state index contributed by atoms with van der Waals surface area (Å²) in [6.07, 6.45) is 4.64. The summed E-state index contributed by atoms with van der Waals surface area (Å²) in [5.74, 6) is -0.107. The minimum absolute atomic E-state index is 0.164. The number of hydrazone groups is 1. The molecule has 1 N–H and O–H groups in total. The van der Waals surface area contributed by atoms with Gasteiger partial charge in [-0.1, -0.05) is 41.0 Å². The third kappa shape index (κ3) is 5.00. The van der Waals surface area contributed by atoms with Gasteiger partial charge in [-0.15, -0.1) is 0 Å². The number of hydrogen-bond donors (Lipinski definition) is 1. The van der Waals surface area contributed by atoms with Crippen molar-refractivity contribution in [1.29, 1.82) is 0 Å². The Balaban J connectivity index is 1.85. The summed E-state index contributed by atoms with van der Waals surface area (Å²) >= 11 is 13.2. The van der Waals surface area contributed by atoms with Crippen molar-refractivity contribution < 1.29 is 4.79 Å². The largest absolute Gasteiger partial charge is 0.272 e. The SMILES string of the molecule is O=C(CSc1ncccn1)N/N=C\c1c(Cl)cccc1Cl. The molecular formula is C13H10Cl2N4OS. The Morgan fingerprint density at radius 2 is 1.90 bits per heavy atom. The summed E-state index contributed by atoms with van der Waals surface area (Å²) in [6.45, 7) is 0. The van der Waals surface area contributed by atoms with Crippen LogP contribution in [-0.4, -0.2) is 27.8 Å². The minimum atomic E-state index is -0.271. The van der Waals surface area contributed by atoms with Crippen molar-refractivity contribution >= 4 is 47.1 Å². The first kappa shape index (κ1) is 15.8. The van der Waals surface area contributed by atoms with E-state index in [2.05, 4.69) is 20.5 Å². The number of rotatable bonds is 5. The highest BCUT2D eigenvalue weighted by Crippen LogP contribution is 2.21. The number of nitrogens with zero attached hydrogens (tertiary/aromatic N) is 3. The van der Waals surface area contributed by atoms with Gasteiger partial charge in [-0.05, 0) is 18.2 Å². The zero-order valence-electron chi connectivity index (χ0n) is 10.7. The van der Waals surface area contributed by atoms with Crippen molar-refractivity contribution in [3.05, 3.63) is 52.3 Å². The molecule has 0 fully saturated rings. The Bertz CT molecular complexity index is 632. The van der Waals surface area contributed by atoms with Gasteiger partial charge in [0.05, 0.1) is 22.0 Å². The lowest BCUT2D eigenvalue weighted by Crippen LogP contribution is -2.19. The fourth-order valence-electron chi connectivity index (χ4n) is 1.33. The van der Waals surface area contributed by atoms with E-state index in [1.165, 1.54) is 18.0 Å². The van der Waals surface area contributed by atoms with Crippen LogP contribution < -0.4 is 5.43 Å². The Kier molecular flexibility index (Phi) is 5.98. The Hall–Kier alpha value is -1.63. The zero-order chi connectivity index (χ0) is 15.1. The normalized spacial score (nSPS) is 10.8. The van der Waals surface area contributed by atoms with E-state index in [0.29, 0.717) is 20.8 Å². The third-order valence-corrected chi connectivity index (χ3v) is 3.79. The Morgan fingerprint density at radius 3 is 2.57 bits per heavy atom. The lowest BCUT2D eigenvalue weighted by atomic mass is 10.2. The molecule has 2 aromatic rings. The first-order valence-electron chi connectivity index (χ1n) is 5.82. The minimum Gasteiger partial charge on any atom is -0.272 e. The van der Waals surface area contributed by atoms with E-state index in [1.807, 2.05) is 0 Å². The quantitative estimate of drug-likeness (QED) is 0.393. The van der Waals surface area contributed by atoms with Gasteiger partial charge in [-0.3, -0.25) is 4.79 Å². The van der Waals surface area contributed by atoms with Crippen LogP contribution in [0.2, 0.25) is 10.0 Å². The van der Waals surface area contributed by atoms with Crippen molar-refractivity contribution in [3.8, 4) is 0 Å². The fourth-order valence-corrected chi connectivity index (χ4v) is 2.42. The average Bonchev–Trinajstić information content (AvgIpc) is 2.49. The monoisotopic (exact) mass is 340 g/mol. The van der Waals surface area contributed by atoms with E-state index in [4.69, 9.17) is 23.2 Å². The highest BCUT2D eigenvalue weighted by Gasteiger charge is 2.04. The van der Waals surface area contributed by atoms with Gasteiger partial charge in [0.1, 0.15) is 0 Å². The van der Waals surface area contributed by atoms with Crippen molar-refractivity contribution in [2.24, 2.45) is 5.10 Å². The molecule has 108 valence electrons. The first-order chi connectivity index (χ1) is 10.2. The predicted octanol–water partition coefficient (Wildman–Crippen LogP) is 3.03. The molecule has 2 rings (SSSR count). The van der Waals surface area contributed by atoms with Gasteiger partial charge >= 0.3 is 0 Å². The number of carbonyl (C=O) groups is 1. The van der Waals surface area contributed by atoms with E-state index < -0.39 is 0 Å². The van der Waals surface area contributed by atoms with Gasteiger partial charge in [0.2, 0.25) is 0 Å². The summed E-state index contributed by atoms with van der Waals surface area (Å²) in [7, 11) is 0. The summed E-state index contributed by atoms with van der Waals surface area (Å²) < 4.78 is 0. The number of amides is 1. The number of benzene rings is 1. The first-order valence-corrected chi connectivity index (χ1v) is 7.56. The molecule has 0 saturated heterocycles. The van der Waals surface area contributed by atoms with E-state index in [9.17, 15) is 4.79 Å². The van der Waals surface area contributed by atoms with Gasteiger partial charge in [0, 0.05) is 18.0 Å². The van der Waals surface area contributed by atoms with Crippen molar-refractivity contribution in [2.75, 3.05) is 5.75 Å². The second-order valence-electron chi connectivity index (χ2n) is 3.75. The van der Waals surface area contributed by atoms with Crippen LogP contribution in [0.4, 0.5) is 0 Å². The molecule has 1 aromatic heterocycles. The van der Waals surface area contributed by atoms with Crippen LogP contribution in [0.1, 0.15) is 5.56 Å². The molecular weight excluding hydrogens is 331 g/mol. The molecule has 1 heterocycles. The molecule has 0 radical (unpaired) electrons. The lowest BCUT2D eigenvalue weighted by Gasteiger charge is -2.01. The van der Waals surface area contributed by atoms with Crippen molar-refractivity contribution in [1.82, 2.24) is 15.4 Å². The number of nitrogens with one attached hydrogen (secondary N) is 1. The second kappa shape index (κ2) is 7.97. The fraction of sp³-hybridized carbons (Fsp3) is 0.0769. The summed E-state index contributed by atoms with van der Waals surface area (Å²) in [6, 6.07) is 6.83. The van der Waals surface area contributed by atoms with E-state index in [1.54, 1.807) is 36.7 Å². The van der Waals surface area contributed by atoms with Crippen LogP contribution in [0.5, 0.6) is 0 Å². The second-order valence-corrected chi connectivity index (χ2v) is 5.51. The molecule has 0 aliphatic carbocycles. The lowest BCUT2D eigenvalue weighted by molar-refractivity contribution is -0.118. The molecule has 1 amide bonds. The topological polar surface area (TPSA) is 67.2 Å². The van der Waals surface area contributed by atoms with Gasteiger partial charge < -0.3 is 0 Å². The number of hydrogen-bond acceptors (Lipinski definition) is 5. The molecule has 8 heteroatoms. The molecule has 0 bridgehead atoms. The van der Waals surface area contributed by atoms with Gasteiger partial charge in [0.25, 0.3) is 5.91 Å². The average molecular weight is 341 g/mol. The number of carbonyl (C=O) groups excluding carboxylic acids is 1. The molecule has 0 atom stereocenters. The van der Waals surface area contributed by atoms with Crippen LogP contribution >= 0.6 is 35.0 Å². The highest BCUT2D eigenvalue weighted by molar-refractivity contribution is 7.99. The molecule has 0 saturated carbocycles. The van der Waals surface area contributed by atoms with Gasteiger partial charge in [-0.25, -0.2) is 15.4 Å². The predicted molar refractivity (Wildman–Crippen MR) is 85.0 cm³/mol. The number of aromatic nitrogens is 2. The summed E-state index contributed by atoms with van der Waals surface area (Å²) in [5.41, 5.74) is 2.95. The van der Waals surface area contributed by atoms with Crippen LogP contribution in [0.25, 0.3) is 0 Å². The van der Waals surface area contributed by atoms with Crippen molar-refractivity contribution in [2.45, 2.75) is 5.16 Å². The Labute approximate surface area is 135 Å². The molecule has 21 heavy (non-hydrogen) atoms. The van der Waals surface area contributed by atoms with Gasteiger partial charge in [0.15, 0.2) is 5.16 Å². The van der Waals surface area contributed by atoms with Gasteiger partial charge in [-0.2, -0.15) is 5.10 Å². The maximum atomic E-state index is 11.6. The number of halogens is 2. The van der Waals surface area contributed by atoms with Crippen LogP contribution in [0.3, 0.4) is 0 Å². The number of thioether (sulfide) groups is 1. The molecule has 1 aromatic carbocycles. The molecule has 0 spiro atoms. The van der Waals surface area contributed by atoms with Crippen LogP contribution in [-0.2, 0) is 4.79 Å². The maximum absolute atomic E-state index is 11.6. The molecule has 0 aliphatic rings. The van der Waals surface area contributed by atoms with Crippen molar-refractivity contribution in [3.63, 3.8) is 0 Å². The summed E-state index contributed by atoms with van der Waals surface area (Å²) in [4.78, 5) is 19.6. The van der Waals surface area contributed by atoms with E-state index >= 15 is 0 Å². The highest BCUT2D eigenvalue weighted by atomic mass is 35.5. The van der Waals surface area contributed by atoms with E-state index in [-0.39, 0.29) is 11.7 Å². The summed E-state index contributed by atoms with van der Waals surface area (Å²) in [5, 5.41) is 5.29. The Morgan fingerprint density at radius 1 is 1.24 bits per heavy atom. The third-order valence-electron chi connectivity index (χ3n) is 2.26. The standard InChI is InChI=1S/C13H10Cl2N4OS/c14-10-3-1-4-11(15)9(10)7-18-19-12(20)8-21-13-16-5-2-6-17-13/h1-7H,8H2,(H,19,20)/b18-7-. The smallest absolute Gasteiger partial charge is 0.250 e. The van der Waals surface area contributed by atoms with Crippen LogP contribution in [0.15, 0.2) is 46.9 Å².